The number of carbonyl (C=O) groups excluding carboxylic acids is 2. The van der Waals surface area contributed by atoms with Crippen molar-refractivity contribution in [2.45, 2.75) is 0 Å². The van der Waals surface area contributed by atoms with Gasteiger partial charge in [0, 0.05) is 27.9 Å². The first-order valence-corrected chi connectivity index (χ1v) is 8.64. The molecule has 146 valence electrons. The van der Waals surface area contributed by atoms with Crippen molar-refractivity contribution in [1.29, 1.82) is 0 Å². The van der Waals surface area contributed by atoms with Crippen molar-refractivity contribution < 1.29 is 19.2 Å². The average Bonchev–Trinajstić information content (AvgIpc) is 2.70. The van der Waals surface area contributed by atoms with Gasteiger partial charge in [-0.25, -0.2) is 0 Å². The van der Waals surface area contributed by atoms with Crippen LogP contribution in [0.25, 0.3) is 0 Å². The number of hydrogen-bond donors (Lipinski definition) is 2. The third kappa shape index (κ3) is 4.88. The molecule has 0 radical (unpaired) electrons. The number of nitrogens with one attached hydrogen (secondary N) is 1. The molecule has 0 unspecified atom stereocenters. The largest absolute Gasteiger partial charge is 0.450 e. The number of amides is 2. The lowest BCUT2D eigenvalue weighted by Gasteiger charge is -2.09. The molecule has 0 bridgehead atoms. The molecule has 0 aliphatic rings. The van der Waals surface area contributed by atoms with E-state index >= 15 is 0 Å². The Hall–Kier alpha value is -3.91. The Labute approximate surface area is 170 Å². The van der Waals surface area contributed by atoms with Gasteiger partial charge in [0.2, 0.25) is 11.7 Å². The van der Waals surface area contributed by atoms with Gasteiger partial charge in [0.15, 0.2) is 0 Å². The van der Waals surface area contributed by atoms with Gasteiger partial charge < -0.3 is 15.8 Å². The van der Waals surface area contributed by atoms with Crippen LogP contribution >= 0.6 is 11.6 Å². The standard InChI is InChI=1S/C20H14ClN3O5/c21-14-4-1-12(2-5-14)20(26)23-15-6-8-16(9-7-15)29-18-10-3-13(19(22)25)11-17(18)24(27)28/h1-11H,(H2,22,25)(H,23,26). The molecule has 8 nitrogen and oxygen atoms in total. The lowest BCUT2D eigenvalue weighted by Crippen LogP contribution is -2.11. The summed E-state index contributed by atoms with van der Waals surface area (Å²) in [4.78, 5) is 34.0. The van der Waals surface area contributed by atoms with Crippen molar-refractivity contribution in [2.75, 3.05) is 5.32 Å². The normalized spacial score (nSPS) is 10.2. The van der Waals surface area contributed by atoms with Crippen LogP contribution in [0.3, 0.4) is 0 Å². The summed E-state index contributed by atoms with van der Waals surface area (Å²) in [5.74, 6) is -0.823. The lowest BCUT2D eigenvalue weighted by atomic mass is 10.2. The second-order valence-electron chi connectivity index (χ2n) is 5.89. The zero-order valence-electron chi connectivity index (χ0n) is 14.8. The van der Waals surface area contributed by atoms with Gasteiger partial charge in [-0.15, -0.1) is 0 Å². The SMILES string of the molecule is NC(=O)c1ccc(Oc2ccc(NC(=O)c3ccc(Cl)cc3)cc2)c([N+](=O)[O-])c1. The van der Waals surface area contributed by atoms with E-state index in [1.165, 1.54) is 12.1 Å². The molecule has 3 aromatic carbocycles. The van der Waals surface area contributed by atoms with Gasteiger partial charge in [-0.05, 0) is 60.7 Å². The number of nitrogens with zero attached hydrogens (tertiary/aromatic N) is 1. The second-order valence-corrected chi connectivity index (χ2v) is 6.33. The lowest BCUT2D eigenvalue weighted by molar-refractivity contribution is -0.385. The van der Waals surface area contributed by atoms with E-state index in [1.54, 1.807) is 48.5 Å². The van der Waals surface area contributed by atoms with Crippen molar-refractivity contribution in [3.63, 3.8) is 0 Å². The van der Waals surface area contributed by atoms with E-state index < -0.39 is 10.8 Å². The van der Waals surface area contributed by atoms with Crippen molar-refractivity contribution >= 4 is 34.8 Å². The number of halogens is 1. The van der Waals surface area contributed by atoms with Crippen LogP contribution < -0.4 is 15.8 Å². The zero-order chi connectivity index (χ0) is 21.0. The van der Waals surface area contributed by atoms with Crippen molar-refractivity contribution in [3.05, 3.63) is 93.0 Å². The van der Waals surface area contributed by atoms with Gasteiger partial charge in [0.05, 0.1) is 4.92 Å². The van der Waals surface area contributed by atoms with Crippen molar-refractivity contribution in [1.82, 2.24) is 0 Å². The number of nitro groups is 1. The van der Waals surface area contributed by atoms with E-state index in [9.17, 15) is 19.7 Å². The molecule has 0 saturated carbocycles. The summed E-state index contributed by atoms with van der Waals surface area (Å²) in [6.07, 6.45) is 0. The molecule has 0 spiro atoms. The molecular formula is C20H14ClN3O5. The fourth-order valence-corrected chi connectivity index (χ4v) is 2.56. The van der Waals surface area contributed by atoms with Crippen LogP contribution in [0.4, 0.5) is 11.4 Å². The molecule has 0 atom stereocenters. The molecule has 3 aromatic rings. The van der Waals surface area contributed by atoms with Crippen LogP contribution in [0.2, 0.25) is 5.02 Å². The smallest absolute Gasteiger partial charge is 0.312 e. The Morgan fingerprint density at radius 3 is 2.17 bits per heavy atom. The van der Waals surface area contributed by atoms with Gasteiger partial charge in [0.25, 0.3) is 5.91 Å². The predicted molar refractivity (Wildman–Crippen MR) is 108 cm³/mol. The van der Waals surface area contributed by atoms with Crippen LogP contribution in [-0.4, -0.2) is 16.7 Å². The summed E-state index contributed by atoms with van der Waals surface area (Å²) in [5, 5.41) is 14.5. The highest BCUT2D eigenvalue weighted by atomic mass is 35.5. The Balaban J connectivity index is 1.74. The van der Waals surface area contributed by atoms with E-state index in [4.69, 9.17) is 22.1 Å². The maximum absolute atomic E-state index is 12.2. The highest BCUT2D eigenvalue weighted by molar-refractivity contribution is 6.30. The highest BCUT2D eigenvalue weighted by Gasteiger charge is 2.18. The first kappa shape index (κ1) is 19.8. The quantitative estimate of drug-likeness (QED) is 0.459. The molecule has 29 heavy (non-hydrogen) atoms. The van der Waals surface area contributed by atoms with Gasteiger partial charge >= 0.3 is 5.69 Å². The Kier molecular flexibility index (Phi) is 5.75. The minimum Gasteiger partial charge on any atom is -0.450 e. The summed E-state index contributed by atoms with van der Waals surface area (Å²) < 4.78 is 5.54. The molecule has 0 aliphatic carbocycles. The molecule has 0 aliphatic heterocycles. The van der Waals surface area contributed by atoms with E-state index in [-0.39, 0.29) is 22.9 Å². The monoisotopic (exact) mass is 411 g/mol. The zero-order valence-corrected chi connectivity index (χ0v) is 15.6. The summed E-state index contributed by atoms with van der Waals surface area (Å²) >= 11 is 5.80. The molecular weight excluding hydrogens is 398 g/mol. The van der Waals surface area contributed by atoms with Crippen molar-refractivity contribution in [2.24, 2.45) is 5.73 Å². The average molecular weight is 412 g/mol. The number of benzene rings is 3. The summed E-state index contributed by atoms with van der Waals surface area (Å²) in [5.41, 5.74) is 5.72. The van der Waals surface area contributed by atoms with Crippen LogP contribution in [0.15, 0.2) is 66.7 Å². The number of ether oxygens (including phenoxy) is 1. The number of primary amides is 1. The minimum atomic E-state index is -0.777. The molecule has 3 rings (SSSR count). The molecule has 0 fully saturated rings. The number of nitrogens with two attached hydrogens (primary N) is 1. The first-order chi connectivity index (χ1) is 13.8. The fourth-order valence-electron chi connectivity index (χ4n) is 2.44. The Morgan fingerprint density at radius 2 is 1.59 bits per heavy atom. The fraction of sp³-hybridized carbons (Fsp3) is 0. The second kappa shape index (κ2) is 8.41. The topological polar surface area (TPSA) is 125 Å². The molecule has 0 heterocycles. The van der Waals surface area contributed by atoms with E-state index in [0.29, 0.717) is 22.0 Å². The number of nitro benzene ring substituents is 1. The van der Waals surface area contributed by atoms with Gasteiger partial charge in [-0.2, -0.15) is 0 Å². The number of rotatable bonds is 6. The van der Waals surface area contributed by atoms with Crippen LogP contribution in [0.5, 0.6) is 11.5 Å². The van der Waals surface area contributed by atoms with Crippen LogP contribution in [-0.2, 0) is 0 Å². The summed E-state index contributed by atoms with van der Waals surface area (Å²) in [6.45, 7) is 0. The molecule has 9 heteroatoms. The van der Waals surface area contributed by atoms with Crippen molar-refractivity contribution in [3.8, 4) is 11.5 Å². The number of carbonyl (C=O) groups is 2. The van der Waals surface area contributed by atoms with Crippen LogP contribution in [0.1, 0.15) is 20.7 Å². The van der Waals surface area contributed by atoms with E-state index in [0.717, 1.165) is 6.07 Å². The third-order valence-electron chi connectivity index (χ3n) is 3.89. The summed E-state index contributed by atoms with van der Waals surface area (Å²) in [7, 11) is 0. The minimum absolute atomic E-state index is 0.00399. The molecule has 3 N–H and O–H groups in total. The molecule has 0 aromatic heterocycles. The first-order valence-electron chi connectivity index (χ1n) is 8.26. The third-order valence-corrected chi connectivity index (χ3v) is 4.14. The summed E-state index contributed by atoms with van der Waals surface area (Å²) in [6, 6.07) is 16.4. The number of anilines is 1. The highest BCUT2D eigenvalue weighted by Crippen LogP contribution is 2.32. The van der Waals surface area contributed by atoms with Gasteiger partial charge in [-0.1, -0.05) is 11.6 Å². The van der Waals surface area contributed by atoms with Gasteiger partial charge in [0.1, 0.15) is 5.75 Å². The molecule has 0 saturated heterocycles. The Morgan fingerprint density at radius 1 is 0.966 bits per heavy atom. The van der Waals surface area contributed by atoms with Gasteiger partial charge in [-0.3, -0.25) is 19.7 Å². The maximum Gasteiger partial charge on any atom is 0.312 e. The van der Waals surface area contributed by atoms with E-state index in [2.05, 4.69) is 5.32 Å². The molecule has 2 amide bonds. The maximum atomic E-state index is 12.2. The van der Waals surface area contributed by atoms with Crippen LogP contribution in [0, 0.1) is 10.1 Å². The Bertz CT molecular complexity index is 1080. The number of hydrogen-bond acceptors (Lipinski definition) is 5. The predicted octanol–water partition coefficient (Wildman–Crippen LogP) is 4.39. The van der Waals surface area contributed by atoms with E-state index in [1.807, 2.05) is 0 Å².